The standard InChI is InChI=1S/C29H42N6O3S/c1-3-35-28(38)25(39-29(35)26(30)27(37)32-19-24(36)22-7-5-4-6-8-22)20-31-23-11-9-21(10-12-23)13-14-34-17-15-33(2)16-18-34/h4-12,24-26,29,31,36H,3,13-20,30H2,1-2H3,(H,32,37)/t24?,25-,26-,29?/m1/s1. The summed E-state index contributed by atoms with van der Waals surface area (Å²) >= 11 is 1.42. The fourth-order valence-corrected chi connectivity index (χ4v) is 6.42. The number of nitrogens with one attached hydrogen (secondary N) is 2. The quantitative estimate of drug-likeness (QED) is 0.311. The third-order valence-corrected chi connectivity index (χ3v) is 9.06. The molecule has 2 aromatic rings. The van der Waals surface area contributed by atoms with Crippen molar-refractivity contribution in [1.82, 2.24) is 20.0 Å². The zero-order valence-corrected chi connectivity index (χ0v) is 23.8. The molecule has 9 nitrogen and oxygen atoms in total. The number of nitrogens with two attached hydrogens (primary N) is 1. The van der Waals surface area contributed by atoms with E-state index < -0.39 is 17.5 Å². The van der Waals surface area contributed by atoms with E-state index in [1.165, 1.54) is 17.3 Å². The molecular weight excluding hydrogens is 512 g/mol. The van der Waals surface area contributed by atoms with E-state index in [0.29, 0.717) is 13.1 Å². The van der Waals surface area contributed by atoms with Crippen LogP contribution in [-0.4, -0.2) is 108 Å². The third kappa shape index (κ3) is 7.95. The van der Waals surface area contributed by atoms with E-state index in [-0.39, 0.29) is 23.6 Å². The zero-order valence-electron chi connectivity index (χ0n) is 23.0. The first-order valence-corrected chi connectivity index (χ1v) is 14.8. The summed E-state index contributed by atoms with van der Waals surface area (Å²) in [6.45, 7) is 8.46. The highest BCUT2D eigenvalue weighted by Gasteiger charge is 2.44. The summed E-state index contributed by atoms with van der Waals surface area (Å²) in [6.07, 6.45) is 0.203. The van der Waals surface area contributed by atoms with Gasteiger partial charge >= 0.3 is 0 Å². The van der Waals surface area contributed by atoms with Gasteiger partial charge in [-0.3, -0.25) is 9.59 Å². The molecule has 2 amide bonds. The predicted octanol–water partition coefficient (Wildman–Crippen LogP) is 1.36. The van der Waals surface area contributed by atoms with E-state index in [1.807, 2.05) is 25.1 Å². The number of anilines is 1. The van der Waals surface area contributed by atoms with Gasteiger partial charge in [0.15, 0.2) is 0 Å². The number of aliphatic hydroxyl groups excluding tert-OH is 1. The number of aliphatic hydroxyl groups is 1. The SMILES string of the molecule is CCN1C(=O)[C@@H](CNc2ccc(CCN3CCN(C)CC3)cc2)SC1[C@H](N)C(=O)NCC(O)c1ccccc1. The van der Waals surface area contributed by atoms with Gasteiger partial charge in [0, 0.05) is 58.0 Å². The summed E-state index contributed by atoms with van der Waals surface area (Å²) in [7, 11) is 2.17. The molecule has 39 heavy (non-hydrogen) atoms. The molecule has 2 fully saturated rings. The van der Waals surface area contributed by atoms with E-state index >= 15 is 0 Å². The third-order valence-electron chi connectivity index (χ3n) is 7.53. The Morgan fingerprint density at radius 2 is 1.79 bits per heavy atom. The highest BCUT2D eigenvalue weighted by atomic mass is 32.2. The molecule has 2 aliphatic heterocycles. The first-order valence-electron chi connectivity index (χ1n) is 13.8. The zero-order chi connectivity index (χ0) is 27.8. The second kappa shape index (κ2) is 14.1. The molecule has 2 aromatic carbocycles. The van der Waals surface area contributed by atoms with Gasteiger partial charge in [-0.05, 0) is 43.7 Å². The van der Waals surface area contributed by atoms with Crippen LogP contribution in [0, 0.1) is 0 Å². The number of rotatable bonds is 12. The lowest BCUT2D eigenvalue weighted by atomic mass is 10.1. The smallest absolute Gasteiger partial charge is 0.240 e. The Balaban J connectivity index is 1.24. The highest BCUT2D eigenvalue weighted by molar-refractivity contribution is 8.01. The number of amides is 2. The van der Waals surface area contributed by atoms with E-state index in [4.69, 9.17) is 5.73 Å². The number of nitrogens with zero attached hydrogens (tertiary/aromatic N) is 3. The lowest BCUT2D eigenvalue weighted by Crippen LogP contribution is -2.53. The van der Waals surface area contributed by atoms with Gasteiger partial charge in [-0.15, -0.1) is 11.8 Å². The topological polar surface area (TPSA) is 114 Å². The van der Waals surface area contributed by atoms with Crippen molar-refractivity contribution in [2.75, 3.05) is 64.7 Å². The lowest BCUT2D eigenvalue weighted by molar-refractivity contribution is -0.131. The van der Waals surface area contributed by atoms with Crippen LogP contribution in [0.3, 0.4) is 0 Å². The first kappa shape index (κ1) is 29.4. The Hall–Kier alpha value is -2.63. The number of hydrogen-bond donors (Lipinski definition) is 4. The number of hydrogen-bond acceptors (Lipinski definition) is 8. The maximum absolute atomic E-state index is 13.1. The fourth-order valence-electron chi connectivity index (χ4n) is 4.96. The van der Waals surface area contributed by atoms with Crippen molar-refractivity contribution < 1.29 is 14.7 Å². The summed E-state index contributed by atoms with van der Waals surface area (Å²) in [6, 6.07) is 16.7. The molecule has 0 saturated carbocycles. The molecule has 10 heteroatoms. The minimum Gasteiger partial charge on any atom is -0.387 e. The van der Waals surface area contributed by atoms with Crippen molar-refractivity contribution in [3.8, 4) is 0 Å². The molecule has 4 rings (SSSR count). The Kier molecular flexibility index (Phi) is 10.6. The largest absolute Gasteiger partial charge is 0.387 e. The van der Waals surface area contributed by atoms with Crippen LogP contribution >= 0.6 is 11.8 Å². The second-order valence-electron chi connectivity index (χ2n) is 10.3. The van der Waals surface area contributed by atoms with Gasteiger partial charge in [0.25, 0.3) is 0 Å². The van der Waals surface area contributed by atoms with E-state index in [1.54, 1.807) is 17.0 Å². The summed E-state index contributed by atoms with van der Waals surface area (Å²) in [4.78, 5) is 32.4. The molecule has 0 radical (unpaired) electrons. The van der Waals surface area contributed by atoms with Crippen molar-refractivity contribution in [3.05, 3.63) is 65.7 Å². The molecule has 2 heterocycles. The summed E-state index contributed by atoms with van der Waals surface area (Å²) in [5, 5.41) is 15.7. The van der Waals surface area contributed by atoms with Gasteiger partial charge in [-0.2, -0.15) is 0 Å². The van der Waals surface area contributed by atoms with Crippen LogP contribution in [0.1, 0.15) is 24.2 Å². The summed E-state index contributed by atoms with van der Waals surface area (Å²) in [5.41, 5.74) is 9.31. The van der Waals surface area contributed by atoms with Gasteiger partial charge < -0.3 is 36.2 Å². The van der Waals surface area contributed by atoms with Gasteiger partial charge in [0.1, 0.15) is 16.7 Å². The van der Waals surface area contributed by atoms with Crippen LogP contribution in [0.15, 0.2) is 54.6 Å². The van der Waals surface area contributed by atoms with E-state index in [2.05, 4.69) is 51.7 Å². The average Bonchev–Trinajstić information content (AvgIpc) is 3.29. The van der Waals surface area contributed by atoms with Crippen molar-refractivity contribution in [1.29, 1.82) is 0 Å². The fraction of sp³-hybridized carbons (Fsp3) is 0.517. The number of thioether (sulfide) groups is 1. The molecule has 2 aliphatic rings. The minimum absolute atomic E-state index is 0.0173. The van der Waals surface area contributed by atoms with Crippen LogP contribution in [-0.2, 0) is 16.0 Å². The van der Waals surface area contributed by atoms with Crippen LogP contribution in [0.2, 0.25) is 0 Å². The Morgan fingerprint density at radius 1 is 1.10 bits per heavy atom. The number of benzene rings is 2. The lowest BCUT2D eigenvalue weighted by Gasteiger charge is -2.32. The maximum atomic E-state index is 13.1. The Labute approximate surface area is 236 Å². The number of piperazine rings is 1. The molecule has 0 spiro atoms. The normalized spacial score (nSPS) is 22.1. The van der Waals surface area contributed by atoms with Crippen molar-refractivity contribution in [3.63, 3.8) is 0 Å². The van der Waals surface area contributed by atoms with Crippen LogP contribution < -0.4 is 16.4 Å². The average molecular weight is 555 g/mol. The molecule has 0 bridgehead atoms. The molecule has 4 atom stereocenters. The highest BCUT2D eigenvalue weighted by Crippen LogP contribution is 2.33. The molecule has 5 N–H and O–H groups in total. The second-order valence-corrected chi connectivity index (χ2v) is 11.6. The molecule has 2 saturated heterocycles. The maximum Gasteiger partial charge on any atom is 0.240 e. The van der Waals surface area contributed by atoms with Crippen molar-refractivity contribution >= 4 is 29.3 Å². The van der Waals surface area contributed by atoms with Crippen molar-refractivity contribution in [2.24, 2.45) is 5.73 Å². The molecular formula is C29H42N6O3S. The van der Waals surface area contributed by atoms with Gasteiger partial charge in [0.05, 0.1) is 6.10 Å². The predicted molar refractivity (Wildman–Crippen MR) is 158 cm³/mol. The number of carbonyl (C=O) groups excluding carboxylic acids is 2. The van der Waals surface area contributed by atoms with Gasteiger partial charge in [-0.1, -0.05) is 42.5 Å². The van der Waals surface area contributed by atoms with Crippen molar-refractivity contribution in [2.45, 2.75) is 36.1 Å². The number of likely N-dealkylation sites (N-methyl/N-ethyl adjacent to an activating group) is 2. The first-order chi connectivity index (χ1) is 18.9. The minimum atomic E-state index is -0.897. The van der Waals surface area contributed by atoms with Crippen LogP contribution in [0.4, 0.5) is 5.69 Å². The molecule has 2 unspecified atom stereocenters. The molecule has 0 aromatic heterocycles. The monoisotopic (exact) mass is 554 g/mol. The van der Waals surface area contributed by atoms with E-state index in [9.17, 15) is 14.7 Å². The van der Waals surface area contributed by atoms with Crippen LogP contribution in [0.5, 0.6) is 0 Å². The van der Waals surface area contributed by atoms with Gasteiger partial charge in [-0.25, -0.2) is 0 Å². The Morgan fingerprint density at radius 3 is 2.46 bits per heavy atom. The van der Waals surface area contributed by atoms with E-state index in [0.717, 1.165) is 50.4 Å². The molecule has 0 aliphatic carbocycles. The Bertz CT molecular complexity index is 1060. The number of carbonyl (C=O) groups is 2. The molecule has 212 valence electrons. The summed E-state index contributed by atoms with van der Waals surface area (Å²) < 4.78 is 0. The summed E-state index contributed by atoms with van der Waals surface area (Å²) in [5.74, 6) is -0.397. The van der Waals surface area contributed by atoms with Crippen LogP contribution in [0.25, 0.3) is 0 Å². The van der Waals surface area contributed by atoms with Gasteiger partial charge in [0.2, 0.25) is 11.8 Å².